The Labute approximate surface area is 129 Å². The van der Waals surface area contributed by atoms with Crippen molar-refractivity contribution in [1.82, 2.24) is 5.32 Å². The zero-order chi connectivity index (χ0) is 14.4. The lowest BCUT2D eigenvalue weighted by molar-refractivity contribution is 0.305. The monoisotopic (exact) mass is 333 g/mol. The van der Waals surface area contributed by atoms with E-state index in [1.54, 1.807) is 0 Å². The van der Waals surface area contributed by atoms with Gasteiger partial charge in [0.2, 0.25) is 0 Å². The molecule has 0 fully saturated rings. The van der Waals surface area contributed by atoms with Crippen molar-refractivity contribution < 1.29 is 4.74 Å². The van der Waals surface area contributed by atoms with Crippen LogP contribution in [0.25, 0.3) is 0 Å². The Bertz CT molecular complexity index is 551. The van der Waals surface area contributed by atoms with Gasteiger partial charge in [0.25, 0.3) is 0 Å². The number of nitrogens with one attached hydrogen (secondary N) is 1. The summed E-state index contributed by atoms with van der Waals surface area (Å²) >= 11 is 3.62. The molecule has 20 heavy (non-hydrogen) atoms. The summed E-state index contributed by atoms with van der Waals surface area (Å²) in [7, 11) is 0. The molecule has 0 aliphatic heterocycles. The Morgan fingerprint density at radius 3 is 2.50 bits per heavy atom. The van der Waals surface area contributed by atoms with Gasteiger partial charge >= 0.3 is 0 Å². The molecule has 0 aliphatic carbocycles. The number of hydrogen-bond acceptors (Lipinski definition) is 2. The van der Waals surface area contributed by atoms with E-state index < -0.39 is 0 Å². The van der Waals surface area contributed by atoms with Gasteiger partial charge in [-0.3, -0.25) is 0 Å². The molecule has 0 saturated carbocycles. The second-order valence-electron chi connectivity index (χ2n) is 4.81. The number of aryl methyl sites for hydroxylation is 1. The Morgan fingerprint density at radius 2 is 1.85 bits per heavy atom. The molecule has 0 aliphatic rings. The Balaban J connectivity index is 1.97. The summed E-state index contributed by atoms with van der Waals surface area (Å²) in [6, 6.07) is 14.5. The molecular formula is C17H20BrNO. The molecule has 106 valence electrons. The Hall–Kier alpha value is -1.32. The highest BCUT2D eigenvalue weighted by atomic mass is 79.9. The van der Waals surface area contributed by atoms with Crippen LogP contribution in [0.2, 0.25) is 0 Å². The molecule has 0 amide bonds. The Morgan fingerprint density at radius 1 is 1.10 bits per heavy atom. The van der Waals surface area contributed by atoms with Gasteiger partial charge in [0.05, 0.1) is 0 Å². The van der Waals surface area contributed by atoms with Crippen molar-refractivity contribution in [2.75, 3.05) is 6.54 Å². The summed E-state index contributed by atoms with van der Waals surface area (Å²) in [6.07, 6.45) is 0. The Kier molecular flexibility index (Phi) is 5.62. The minimum absolute atomic E-state index is 0.575. The minimum atomic E-state index is 0.575. The fourth-order valence-corrected chi connectivity index (χ4v) is 2.42. The molecule has 0 radical (unpaired) electrons. The molecule has 0 saturated heterocycles. The van der Waals surface area contributed by atoms with Crippen molar-refractivity contribution in [2.24, 2.45) is 0 Å². The van der Waals surface area contributed by atoms with Crippen molar-refractivity contribution >= 4 is 15.9 Å². The van der Waals surface area contributed by atoms with Crippen molar-refractivity contribution in [3.05, 3.63) is 63.6 Å². The van der Waals surface area contributed by atoms with Gasteiger partial charge in [-0.1, -0.05) is 52.7 Å². The third-order valence-corrected chi connectivity index (χ3v) is 3.85. The molecule has 0 atom stereocenters. The SMILES string of the molecule is CCNCc1ccc(COc2ccc(C)cc2)c(Br)c1. The molecule has 0 heterocycles. The van der Waals surface area contributed by atoms with Gasteiger partial charge in [0.1, 0.15) is 12.4 Å². The molecule has 3 heteroatoms. The maximum Gasteiger partial charge on any atom is 0.119 e. The van der Waals surface area contributed by atoms with Crippen molar-refractivity contribution in [3.8, 4) is 5.75 Å². The third-order valence-electron chi connectivity index (χ3n) is 3.11. The van der Waals surface area contributed by atoms with Gasteiger partial charge in [-0.25, -0.2) is 0 Å². The van der Waals surface area contributed by atoms with Crippen LogP contribution in [0.5, 0.6) is 5.75 Å². The molecule has 1 N–H and O–H groups in total. The van der Waals surface area contributed by atoms with Gasteiger partial charge in [-0.15, -0.1) is 0 Å². The lowest BCUT2D eigenvalue weighted by Crippen LogP contribution is -2.11. The molecule has 2 rings (SSSR count). The fraction of sp³-hybridized carbons (Fsp3) is 0.294. The topological polar surface area (TPSA) is 21.3 Å². The lowest BCUT2D eigenvalue weighted by Gasteiger charge is -2.10. The van der Waals surface area contributed by atoms with Gasteiger partial charge in [0, 0.05) is 16.6 Å². The van der Waals surface area contributed by atoms with Gasteiger partial charge in [-0.2, -0.15) is 0 Å². The highest BCUT2D eigenvalue weighted by Gasteiger charge is 2.03. The number of halogens is 1. The molecule has 0 unspecified atom stereocenters. The first kappa shape index (κ1) is 15.1. The predicted octanol–water partition coefficient (Wildman–Crippen LogP) is 4.45. The quantitative estimate of drug-likeness (QED) is 0.843. The van der Waals surface area contributed by atoms with Crippen LogP contribution in [0.3, 0.4) is 0 Å². The maximum atomic E-state index is 5.80. The molecular weight excluding hydrogens is 314 g/mol. The average molecular weight is 334 g/mol. The second kappa shape index (κ2) is 7.46. The van der Waals surface area contributed by atoms with E-state index in [1.807, 2.05) is 12.1 Å². The van der Waals surface area contributed by atoms with E-state index in [-0.39, 0.29) is 0 Å². The summed E-state index contributed by atoms with van der Waals surface area (Å²) in [6.45, 7) is 6.64. The van der Waals surface area contributed by atoms with Crippen LogP contribution in [-0.4, -0.2) is 6.54 Å². The summed E-state index contributed by atoms with van der Waals surface area (Å²) in [5, 5.41) is 3.32. The molecule has 0 aromatic heterocycles. The van der Waals surface area contributed by atoms with E-state index >= 15 is 0 Å². The van der Waals surface area contributed by atoms with Crippen molar-refractivity contribution in [1.29, 1.82) is 0 Å². The van der Waals surface area contributed by atoms with Crippen LogP contribution in [0.15, 0.2) is 46.9 Å². The van der Waals surface area contributed by atoms with Crippen molar-refractivity contribution in [2.45, 2.75) is 27.0 Å². The van der Waals surface area contributed by atoms with E-state index in [2.05, 4.69) is 65.4 Å². The van der Waals surface area contributed by atoms with Crippen LogP contribution in [0.4, 0.5) is 0 Å². The standard InChI is InChI=1S/C17H20BrNO/c1-3-19-11-14-6-7-15(17(18)10-14)12-20-16-8-4-13(2)5-9-16/h4-10,19H,3,11-12H2,1-2H3. The zero-order valence-electron chi connectivity index (χ0n) is 11.9. The van der Waals surface area contributed by atoms with E-state index in [9.17, 15) is 0 Å². The van der Waals surface area contributed by atoms with Crippen molar-refractivity contribution in [3.63, 3.8) is 0 Å². The van der Waals surface area contributed by atoms with Gasteiger partial charge in [0.15, 0.2) is 0 Å². The average Bonchev–Trinajstić information content (AvgIpc) is 2.46. The van der Waals surface area contributed by atoms with Crippen LogP contribution in [-0.2, 0) is 13.2 Å². The third kappa shape index (κ3) is 4.36. The normalized spacial score (nSPS) is 10.6. The van der Waals surface area contributed by atoms with E-state index in [4.69, 9.17) is 4.74 Å². The molecule has 2 aromatic rings. The van der Waals surface area contributed by atoms with Crippen LogP contribution in [0.1, 0.15) is 23.6 Å². The first-order chi connectivity index (χ1) is 9.69. The number of rotatable bonds is 6. The number of hydrogen-bond donors (Lipinski definition) is 1. The zero-order valence-corrected chi connectivity index (χ0v) is 13.5. The molecule has 2 nitrogen and oxygen atoms in total. The minimum Gasteiger partial charge on any atom is -0.489 e. The summed E-state index contributed by atoms with van der Waals surface area (Å²) in [5.41, 5.74) is 3.68. The van der Waals surface area contributed by atoms with E-state index in [0.717, 1.165) is 28.9 Å². The summed E-state index contributed by atoms with van der Waals surface area (Å²) in [4.78, 5) is 0. The van der Waals surface area contributed by atoms with E-state index in [1.165, 1.54) is 11.1 Å². The molecule has 2 aromatic carbocycles. The molecule has 0 spiro atoms. The van der Waals surface area contributed by atoms with Gasteiger partial charge < -0.3 is 10.1 Å². The maximum absolute atomic E-state index is 5.80. The second-order valence-corrected chi connectivity index (χ2v) is 5.66. The van der Waals surface area contributed by atoms with Crippen LogP contribution >= 0.6 is 15.9 Å². The number of benzene rings is 2. The summed E-state index contributed by atoms with van der Waals surface area (Å²) in [5.74, 6) is 0.902. The lowest BCUT2D eigenvalue weighted by atomic mass is 10.1. The van der Waals surface area contributed by atoms with Gasteiger partial charge in [-0.05, 0) is 37.2 Å². The highest BCUT2D eigenvalue weighted by molar-refractivity contribution is 9.10. The number of ether oxygens (including phenoxy) is 1. The summed E-state index contributed by atoms with van der Waals surface area (Å²) < 4.78 is 6.90. The smallest absolute Gasteiger partial charge is 0.119 e. The van der Waals surface area contributed by atoms with E-state index in [0.29, 0.717) is 6.61 Å². The van der Waals surface area contributed by atoms with Crippen LogP contribution < -0.4 is 10.1 Å². The van der Waals surface area contributed by atoms with Crippen LogP contribution in [0, 0.1) is 6.92 Å². The largest absolute Gasteiger partial charge is 0.489 e. The first-order valence-corrected chi connectivity index (χ1v) is 7.66. The molecule has 0 bridgehead atoms. The highest BCUT2D eigenvalue weighted by Crippen LogP contribution is 2.21. The predicted molar refractivity (Wildman–Crippen MR) is 87.0 cm³/mol. The fourth-order valence-electron chi connectivity index (χ4n) is 1.88. The first-order valence-electron chi connectivity index (χ1n) is 6.86.